The summed E-state index contributed by atoms with van der Waals surface area (Å²) in [5.74, 6) is -1.82. The Bertz CT molecular complexity index is 1070. The number of carbonyl (C=O) groups is 3. The van der Waals surface area contributed by atoms with Crippen LogP contribution in [-0.2, 0) is 25.5 Å². The molecule has 1 saturated heterocycles. The molecular weight excluding hydrogens is 517 g/mol. The molecule has 1 atom stereocenters. The van der Waals surface area contributed by atoms with E-state index in [4.69, 9.17) is 4.74 Å². The molecule has 3 N–H and O–H groups in total. The van der Waals surface area contributed by atoms with E-state index in [1.54, 1.807) is 25.1 Å². The third-order valence-electron chi connectivity index (χ3n) is 5.78. The second-order valence-electron chi connectivity index (χ2n) is 8.30. The van der Waals surface area contributed by atoms with Crippen LogP contribution < -0.4 is 16.0 Å². The van der Waals surface area contributed by atoms with E-state index < -0.39 is 35.2 Å². The molecule has 2 aromatic rings. The van der Waals surface area contributed by atoms with Gasteiger partial charge in [-0.3, -0.25) is 9.59 Å². The fourth-order valence-corrected chi connectivity index (χ4v) is 4.31. The van der Waals surface area contributed by atoms with Crippen LogP contribution in [0.3, 0.4) is 0 Å². The monoisotopic (exact) mass is 545 g/mol. The van der Waals surface area contributed by atoms with Crippen LogP contribution in [0.2, 0.25) is 0 Å². The standard InChI is InChI=1S/C26H29BrFN3O4/c1-2-35-24(33)22(17-18-6-4-3-5-7-18)30-25(34)26(12-14-29-15-13-26)31-23(32)11-9-19-8-10-21(28)20(27)16-19/h3-11,16,22,29H,2,12-15,17H2,1H3,(H,30,34)(H,31,32)/b11-9+. The molecule has 186 valence electrons. The molecule has 35 heavy (non-hydrogen) atoms. The lowest BCUT2D eigenvalue weighted by Gasteiger charge is -2.37. The lowest BCUT2D eigenvalue weighted by molar-refractivity contribution is -0.148. The van der Waals surface area contributed by atoms with E-state index in [0.717, 1.165) is 5.56 Å². The van der Waals surface area contributed by atoms with Crippen molar-refractivity contribution < 1.29 is 23.5 Å². The van der Waals surface area contributed by atoms with Crippen molar-refractivity contribution >= 4 is 39.8 Å². The maximum atomic E-state index is 13.5. The molecule has 0 radical (unpaired) electrons. The minimum Gasteiger partial charge on any atom is -0.464 e. The number of ether oxygens (including phenoxy) is 1. The van der Waals surface area contributed by atoms with Gasteiger partial charge in [0.15, 0.2) is 0 Å². The molecule has 0 saturated carbocycles. The Morgan fingerprint density at radius 2 is 1.89 bits per heavy atom. The lowest BCUT2D eigenvalue weighted by Crippen LogP contribution is -2.64. The van der Waals surface area contributed by atoms with Crippen LogP contribution in [0.15, 0.2) is 59.1 Å². The number of benzene rings is 2. The van der Waals surface area contributed by atoms with Gasteiger partial charge < -0.3 is 20.7 Å². The number of piperidine rings is 1. The Balaban J connectivity index is 1.75. The van der Waals surface area contributed by atoms with Gasteiger partial charge >= 0.3 is 5.97 Å². The summed E-state index contributed by atoms with van der Waals surface area (Å²) < 4.78 is 18.9. The second-order valence-corrected chi connectivity index (χ2v) is 9.15. The van der Waals surface area contributed by atoms with Gasteiger partial charge in [0, 0.05) is 12.5 Å². The van der Waals surface area contributed by atoms with Crippen LogP contribution >= 0.6 is 15.9 Å². The topological polar surface area (TPSA) is 96.5 Å². The summed E-state index contributed by atoms with van der Waals surface area (Å²) in [5, 5.41) is 8.87. The van der Waals surface area contributed by atoms with Gasteiger partial charge in [0.05, 0.1) is 11.1 Å². The van der Waals surface area contributed by atoms with Crippen LogP contribution in [0.25, 0.3) is 6.08 Å². The summed E-state index contributed by atoms with van der Waals surface area (Å²) in [7, 11) is 0. The maximum absolute atomic E-state index is 13.5. The fourth-order valence-electron chi connectivity index (χ4n) is 3.91. The lowest BCUT2D eigenvalue weighted by atomic mass is 9.86. The highest BCUT2D eigenvalue weighted by molar-refractivity contribution is 9.10. The van der Waals surface area contributed by atoms with Gasteiger partial charge in [0.1, 0.15) is 17.4 Å². The normalized spacial score (nSPS) is 15.9. The summed E-state index contributed by atoms with van der Waals surface area (Å²) in [6, 6.07) is 12.9. The average Bonchev–Trinajstić information content (AvgIpc) is 2.85. The molecule has 1 unspecified atom stereocenters. The SMILES string of the molecule is CCOC(=O)C(Cc1ccccc1)NC(=O)C1(NC(=O)/C=C/c2ccc(F)c(Br)c2)CCNCC1. The van der Waals surface area contributed by atoms with Crippen LogP contribution in [0, 0.1) is 5.82 Å². The average molecular weight is 546 g/mol. The fraction of sp³-hybridized carbons (Fsp3) is 0.346. The first-order chi connectivity index (χ1) is 16.8. The highest BCUT2D eigenvalue weighted by Gasteiger charge is 2.42. The first kappa shape index (κ1) is 26.6. The van der Waals surface area contributed by atoms with E-state index in [0.29, 0.717) is 31.5 Å². The number of hydrogen-bond donors (Lipinski definition) is 3. The molecule has 3 rings (SSSR count). The van der Waals surface area contributed by atoms with Crippen molar-refractivity contribution in [3.63, 3.8) is 0 Å². The second kappa shape index (κ2) is 12.6. The van der Waals surface area contributed by atoms with E-state index >= 15 is 0 Å². The highest BCUT2D eigenvalue weighted by Crippen LogP contribution is 2.21. The molecule has 0 aromatic heterocycles. The summed E-state index contributed by atoms with van der Waals surface area (Å²) >= 11 is 3.12. The first-order valence-corrected chi connectivity index (χ1v) is 12.3. The largest absolute Gasteiger partial charge is 0.464 e. The Hall–Kier alpha value is -3.04. The van der Waals surface area contributed by atoms with Crippen molar-refractivity contribution in [1.82, 2.24) is 16.0 Å². The molecular formula is C26H29BrFN3O4. The van der Waals surface area contributed by atoms with Crippen molar-refractivity contribution in [3.05, 3.63) is 76.0 Å². The number of amides is 2. The molecule has 0 aliphatic carbocycles. The van der Waals surface area contributed by atoms with Crippen molar-refractivity contribution in [3.8, 4) is 0 Å². The third kappa shape index (κ3) is 7.47. The zero-order valence-corrected chi connectivity index (χ0v) is 21.1. The van der Waals surface area contributed by atoms with Gasteiger partial charge in [-0.2, -0.15) is 0 Å². The number of halogens is 2. The molecule has 0 bridgehead atoms. The summed E-state index contributed by atoms with van der Waals surface area (Å²) in [4.78, 5) is 38.9. The Kier molecular flexibility index (Phi) is 9.56. The van der Waals surface area contributed by atoms with Crippen molar-refractivity contribution in [2.75, 3.05) is 19.7 Å². The molecule has 2 amide bonds. The van der Waals surface area contributed by atoms with Crippen LogP contribution in [0.4, 0.5) is 4.39 Å². The van der Waals surface area contributed by atoms with Gasteiger partial charge in [-0.05, 0) is 78.1 Å². The number of carbonyl (C=O) groups excluding carboxylic acids is 3. The summed E-state index contributed by atoms with van der Waals surface area (Å²) in [6.45, 7) is 2.96. The molecule has 1 heterocycles. The number of hydrogen-bond acceptors (Lipinski definition) is 5. The van der Waals surface area contributed by atoms with Crippen LogP contribution in [0.1, 0.15) is 30.9 Å². The van der Waals surface area contributed by atoms with Crippen LogP contribution in [0.5, 0.6) is 0 Å². The zero-order valence-electron chi connectivity index (χ0n) is 19.5. The Morgan fingerprint density at radius 1 is 1.17 bits per heavy atom. The third-order valence-corrected chi connectivity index (χ3v) is 6.39. The zero-order chi connectivity index (χ0) is 25.3. The maximum Gasteiger partial charge on any atom is 0.328 e. The predicted octanol–water partition coefficient (Wildman–Crippen LogP) is 3.13. The number of rotatable bonds is 9. The van der Waals surface area contributed by atoms with Gasteiger partial charge in [-0.15, -0.1) is 0 Å². The van der Waals surface area contributed by atoms with Gasteiger partial charge in [-0.1, -0.05) is 36.4 Å². The Labute approximate surface area is 212 Å². The highest BCUT2D eigenvalue weighted by atomic mass is 79.9. The van der Waals surface area contributed by atoms with Crippen molar-refractivity contribution in [1.29, 1.82) is 0 Å². The smallest absolute Gasteiger partial charge is 0.328 e. The molecule has 1 aliphatic heterocycles. The predicted molar refractivity (Wildman–Crippen MR) is 135 cm³/mol. The van der Waals surface area contributed by atoms with Gasteiger partial charge in [-0.25, -0.2) is 9.18 Å². The summed E-state index contributed by atoms with van der Waals surface area (Å²) in [5.41, 5.74) is 0.322. The van der Waals surface area contributed by atoms with E-state index in [9.17, 15) is 18.8 Å². The minimum absolute atomic E-state index is 0.191. The molecule has 0 spiro atoms. The van der Waals surface area contributed by atoms with Gasteiger partial charge in [0.25, 0.3) is 0 Å². The number of nitrogens with one attached hydrogen (secondary N) is 3. The van der Waals surface area contributed by atoms with Crippen molar-refractivity contribution in [2.24, 2.45) is 0 Å². The molecule has 7 nitrogen and oxygen atoms in total. The minimum atomic E-state index is -1.18. The molecule has 1 aliphatic rings. The van der Waals surface area contributed by atoms with E-state index in [1.807, 2.05) is 30.3 Å². The Morgan fingerprint density at radius 3 is 2.54 bits per heavy atom. The molecule has 2 aromatic carbocycles. The molecule has 1 fully saturated rings. The quantitative estimate of drug-likeness (QED) is 0.332. The van der Waals surface area contributed by atoms with Gasteiger partial charge in [0.2, 0.25) is 11.8 Å². The van der Waals surface area contributed by atoms with E-state index in [2.05, 4.69) is 31.9 Å². The van der Waals surface area contributed by atoms with E-state index in [-0.39, 0.29) is 17.5 Å². The number of esters is 1. The summed E-state index contributed by atoms with van der Waals surface area (Å²) in [6.07, 6.45) is 3.85. The first-order valence-electron chi connectivity index (χ1n) is 11.5. The van der Waals surface area contributed by atoms with Crippen LogP contribution in [-0.4, -0.2) is 49.1 Å². The molecule has 9 heteroatoms. The van der Waals surface area contributed by atoms with E-state index in [1.165, 1.54) is 12.1 Å². The van der Waals surface area contributed by atoms with Crippen molar-refractivity contribution in [2.45, 2.75) is 37.8 Å².